The van der Waals surface area contributed by atoms with E-state index in [0.717, 1.165) is 5.56 Å². The number of nitrogens with two attached hydrogens (primary N) is 1. The van der Waals surface area contributed by atoms with Crippen LogP contribution >= 0.6 is 11.8 Å². The Morgan fingerprint density at radius 3 is 2.35 bits per heavy atom. The summed E-state index contributed by atoms with van der Waals surface area (Å²) < 4.78 is 0. The van der Waals surface area contributed by atoms with Crippen molar-refractivity contribution in [3.8, 4) is 6.07 Å². The molecule has 2 nitrogen and oxygen atoms in total. The van der Waals surface area contributed by atoms with Crippen LogP contribution in [0.2, 0.25) is 0 Å². The first-order chi connectivity index (χ1) is 7.99. The summed E-state index contributed by atoms with van der Waals surface area (Å²) in [7, 11) is 0. The van der Waals surface area contributed by atoms with Gasteiger partial charge in [0.2, 0.25) is 0 Å². The fraction of sp³-hybridized carbons (Fsp3) is 0.500. The van der Waals surface area contributed by atoms with Crippen LogP contribution < -0.4 is 5.73 Å². The predicted molar refractivity (Wildman–Crippen MR) is 74.7 cm³/mol. The van der Waals surface area contributed by atoms with E-state index in [4.69, 9.17) is 5.73 Å². The Balaban J connectivity index is 2.75. The molecular weight excluding hydrogens is 228 g/mol. The van der Waals surface area contributed by atoms with Crippen LogP contribution in [0.5, 0.6) is 0 Å². The first-order valence-corrected chi connectivity index (χ1v) is 6.92. The Bertz CT molecular complexity index is 383. The summed E-state index contributed by atoms with van der Waals surface area (Å²) >= 11 is 1.76. The number of benzene rings is 1. The molecule has 0 radical (unpaired) electrons. The Hall–Kier alpha value is -0.980. The second kappa shape index (κ2) is 6.09. The predicted octanol–water partition coefficient (Wildman–Crippen LogP) is 3.14. The van der Waals surface area contributed by atoms with Gasteiger partial charge in [-0.15, -0.1) is 0 Å². The molecule has 0 aromatic heterocycles. The lowest BCUT2D eigenvalue weighted by molar-refractivity contribution is 0.626. The van der Waals surface area contributed by atoms with E-state index in [1.807, 2.05) is 30.3 Å². The van der Waals surface area contributed by atoms with Crippen LogP contribution in [0.25, 0.3) is 0 Å². The van der Waals surface area contributed by atoms with E-state index in [9.17, 15) is 5.26 Å². The van der Waals surface area contributed by atoms with Gasteiger partial charge in [0.15, 0.2) is 0 Å². The van der Waals surface area contributed by atoms with Gasteiger partial charge in [0.25, 0.3) is 0 Å². The summed E-state index contributed by atoms with van der Waals surface area (Å²) in [6.45, 7) is 6.55. The maximum atomic E-state index is 9.30. The van der Waals surface area contributed by atoms with Gasteiger partial charge in [0, 0.05) is 11.0 Å². The SMILES string of the molecule is CC(C)C(C)SCC(N)(C#N)c1ccccc1. The van der Waals surface area contributed by atoms with Crippen molar-refractivity contribution in [2.75, 3.05) is 5.75 Å². The Morgan fingerprint density at radius 1 is 1.29 bits per heavy atom. The zero-order valence-electron chi connectivity index (χ0n) is 10.7. The topological polar surface area (TPSA) is 49.8 Å². The molecule has 0 aliphatic rings. The number of rotatable bonds is 5. The van der Waals surface area contributed by atoms with Crippen molar-refractivity contribution in [2.45, 2.75) is 31.6 Å². The molecule has 2 N–H and O–H groups in total. The lowest BCUT2D eigenvalue weighted by atomic mass is 9.95. The molecule has 92 valence electrons. The quantitative estimate of drug-likeness (QED) is 0.871. The highest BCUT2D eigenvalue weighted by atomic mass is 32.2. The van der Waals surface area contributed by atoms with Gasteiger partial charge in [0.1, 0.15) is 5.54 Å². The van der Waals surface area contributed by atoms with E-state index in [1.54, 1.807) is 11.8 Å². The second-order valence-electron chi connectivity index (χ2n) is 4.71. The van der Waals surface area contributed by atoms with Gasteiger partial charge in [0.05, 0.1) is 6.07 Å². The zero-order valence-corrected chi connectivity index (χ0v) is 11.5. The summed E-state index contributed by atoms with van der Waals surface area (Å²) in [4.78, 5) is 0. The summed E-state index contributed by atoms with van der Waals surface area (Å²) in [5.74, 6) is 1.23. The summed E-state index contributed by atoms with van der Waals surface area (Å²) in [6, 6.07) is 11.9. The van der Waals surface area contributed by atoms with Gasteiger partial charge in [-0.1, -0.05) is 51.1 Å². The minimum Gasteiger partial charge on any atom is -0.309 e. The molecule has 0 amide bonds. The van der Waals surface area contributed by atoms with E-state index in [1.165, 1.54) is 0 Å². The van der Waals surface area contributed by atoms with E-state index in [-0.39, 0.29) is 0 Å². The van der Waals surface area contributed by atoms with Crippen molar-refractivity contribution < 1.29 is 0 Å². The highest BCUT2D eigenvalue weighted by molar-refractivity contribution is 7.99. The van der Waals surface area contributed by atoms with Gasteiger partial charge in [-0.05, 0) is 11.5 Å². The van der Waals surface area contributed by atoms with Crippen LogP contribution in [0.3, 0.4) is 0 Å². The van der Waals surface area contributed by atoms with Gasteiger partial charge in [-0.2, -0.15) is 17.0 Å². The molecule has 0 saturated carbocycles. The molecule has 0 aliphatic heterocycles. The minimum atomic E-state index is -0.880. The van der Waals surface area contributed by atoms with Gasteiger partial charge in [-0.25, -0.2) is 0 Å². The van der Waals surface area contributed by atoms with Crippen molar-refractivity contribution in [1.29, 1.82) is 5.26 Å². The lowest BCUT2D eigenvalue weighted by Gasteiger charge is -2.24. The Morgan fingerprint density at radius 2 is 1.88 bits per heavy atom. The third-order valence-electron chi connectivity index (χ3n) is 3.00. The van der Waals surface area contributed by atoms with Crippen LogP contribution in [0, 0.1) is 17.2 Å². The van der Waals surface area contributed by atoms with Crippen LogP contribution in [0.4, 0.5) is 0 Å². The standard InChI is InChI=1S/C14H20N2S/c1-11(2)12(3)17-10-14(16,9-15)13-7-5-4-6-8-13/h4-8,11-12H,10,16H2,1-3H3. The Kier molecular flexibility index (Phi) is 5.04. The number of hydrogen-bond acceptors (Lipinski definition) is 3. The van der Waals surface area contributed by atoms with Gasteiger partial charge in [-0.3, -0.25) is 0 Å². The molecule has 2 atom stereocenters. The van der Waals surface area contributed by atoms with Crippen molar-refractivity contribution >= 4 is 11.8 Å². The molecule has 0 spiro atoms. The van der Waals surface area contributed by atoms with Gasteiger partial charge >= 0.3 is 0 Å². The van der Waals surface area contributed by atoms with Crippen LogP contribution in [-0.2, 0) is 5.54 Å². The third-order valence-corrected chi connectivity index (χ3v) is 4.69. The largest absolute Gasteiger partial charge is 0.309 e. The minimum absolute atomic E-state index is 0.509. The summed E-state index contributed by atoms with van der Waals surface area (Å²) in [5.41, 5.74) is 6.20. The number of thioether (sulfide) groups is 1. The van der Waals surface area contributed by atoms with Crippen LogP contribution in [0.1, 0.15) is 26.3 Å². The average Bonchev–Trinajstić information content (AvgIpc) is 2.36. The molecule has 0 saturated heterocycles. The fourth-order valence-electron chi connectivity index (χ4n) is 1.37. The first kappa shape index (κ1) is 14.1. The molecule has 0 heterocycles. The highest BCUT2D eigenvalue weighted by Gasteiger charge is 2.28. The maximum absolute atomic E-state index is 9.30. The molecule has 3 heteroatoms. The molecular formula is C14H20N2S. The maximum Gasteiger partial charge on any atom is 0.138 e. The van der Waals surface area contributed by atoms with Crippen molar-refractivity contribution in [3.63, 3.8) is 0 Å². The van der Waals surface area contributed by atoms with Crippen LogP contribution in [0.15, 0.2) is 30.3 Å². The average molecular weight is 248 g/mol. The molecule has 0 aliphatic carbocycles. The summed E-state index contributed by atoms with van der Waals surface area (Å²) in [5, 5.41) is 9.81. The highest BCUT2D eigenvalue weighted by Crippen LogP contribution is 2.27. The molecule has 0 bridgehead atoms. The van der Waals surface area contributed by atoms with E-state index in [2.05, 4.69) is 26.8 Å². The molecule has 1 rings (SSSR count). The first-order valence-electron chi connectivity index (χ1n) is 5.87. The number of hydrogen-bond donors (Lipinski definition) is 1. The van der Waals surface area contributed by atoms with Crippen molar-refractivity contribution in [3.05, 3.63) is 35.9 Å². The van der Waals surface area contributed by atoms with Crippen molar-refractivity contribution in [1.82, 2.24) is 0 Å². The Labute approximate surface area is 108 Å². The molecule has 1 aromatic rings. The van der Waals surface area contributed by atoms with E-state index >= 15 is 0 Å². The van der Waals surface area contributed by atoms with Crippen molar-refractivity contribution in [2.24, 2.45) is 11.7 Å². The molecule has 0 fully saturated rings. The molecule has 1 aromatic carbocycles. The normalized spacial score (nSPS) is 16.2. The monoisotopic (exact) mass is 248 g/mol. The smallest absolute Gasteiger partial charge is 0.138 e. The fourth-order valence-corrected chi connectivity index (χ4v) is 2.51. The second-order valence-corrected chi connectivity index (χ2v) is 6.07. The molecule has 17 heavy (non-hydrogen) atoms. The molecule has 2 unspecified atom stereocenters. The van der Waals surface area contributed by atoms with Gasteiger partial charge < -0.3 is 5.73 Å². The lowest BCUT2D eigenvalue weighted by Crippen LogP contribution is -2.38. The number of nitriles is 1. The number of nitrogens with zero attached hydrogens (tertiary/aromatic N) is 1. The van der Waals surface area contributed by atoms with E-state index in [0.29, 0.717) is 16.9 Å². The third kappa shape index (κ3) is 3.76. The van der Waals surface area contributed by atoms with Crippen LogP contribution in [-0.4, -0.2) is 11.0 Å². The zero-order chi connectivity index (χ0) is 12.9. The van der Waals surface area contributed by atoms with E-state index < -0.39 is 5.54 Å². The summed E-state index contributed by atoms with van der Waals surface area (Å²) in [6.07, 6.45) is 0.